The summed E-state index contributed by atoms with van der Waals surface area (Å²) in [5.41, 5.74) is 6.13. The highest BCUT2D eigenvalue weighted by atomic mass is 16.1. The summed E-state index contributed by atoms with van der Waals surface area (Å²) in [4.78, 5) is 12.6. The molecule has 1 atom stereocenters. The van der Waals surface area contributed by atoms with Crippen molar-refractivity contribution in [2.24, 2.45) is 0 Å². The van der Waals surface area contributed by atoms with Crippen molar-refractivity contribution < 1.29 is 4.79 Å². The summed E-state index contributed by atoms with van der Waals surface area (Å²) < 4.78 is 0. The first-order valence-corrected chi connectivity index (χ1v) is 7.83. The third kappa shape index (κ3) is 2.92. The number of benzene rings is 2. The van der Waals surface area contributed by atoms with Gasteiger partial charge in [0.2, 0.25) is 0 Å². The molecule has 3 rings (SSSR count). The highest BCUT2D eigenvalue weighted by Crippen LogP contribution is 2.34. The first kappa shape index (κ1) is 14.1. The van der Waals surface area contributed by atoms with E-state index in [0.29, 0.717) is 12.3 Å². The Morgan fingerprint density at radius 1 is 1.10 bits per heavy atom. The Kier molecular flexibility index (Phi) is 3.92. The summed E-state index contributed by atoms with van der Waals surface area (Å²) in [6.45, 7) is 4.16. The Bertz CT molecular complexity index is 669. The Balaban J connectivity index is 1.81. The van der Waals surface area contributed by atoms with Crippen molar-refractivity contribution in [1.29, 1.82) is 0 Å². The molecular weight excluding hydrogens is 256 g/mol. The molecule has 0 amide bonds. The number of hydrogen-bond acceptors (Lipinski definition) is 1. The summed E-state index contributed by atoms with van der Waals surface area (Å²) in [7, 11) is 0. The lowest BCUT2D eigenvalue weighted by molar-refractivity contribution is 0.0971. The lowest BCUT2D eigenvalue weighted by Gasteiger charge is -2.25. The molecule has 0 aromatic heterocycles. The molecule has 108 valence electrons. The molecule has 1 unspecified atom stereocenters. The fourth-order valence-electron chi connectivity index (χ4n) is 3.32. The summed E-state index contributed by atoms with van der Waals surface area (Å²) in [5, 5.41) is 0. The largest absolute Gasteiger partial charge is 0.294 e. The van der Waals surface area contributed by atoms with Gasteiger partial charge in [-0.05, 0) is 67.3 Å². The van der Waals surface area contributed by atoms with Crippen LogP contribution in [0.15, 0.2) is 42.5 Å². The summed E-state index contributed by atoms with van der Waals surface area (Å²) in [6, 6.07) is 14.7. The van der Waals surface area contributed by atoms with Crippen molar-refractivity contribution in [2.45, 2.75) is 45.4 Å². The zero-order valence-electron chi connectivity index (χ0n) is 12.9. The van der Waals surface area contributed by atoms with Crippen LogP contribution in [-0.4, -0.2) is 5.78 Å². The number of rotatable bonds is 3. The van der Waals surface area contributed by atoms with E-state index in [4.69, 9.17) is 0 Å². The van der Waals surface area contributed by atoms with Crippen LogP contribution in [0.25, 0.3) is 0 Å². The summed E-state index contributed by atoms with van der Waals surface area (Å²) in [6.07, 6.45) is 4.12. The van der Waals surface area contributed by atoms with Crippen LogP contribution >= 0.6 is 0 Å². The van der Waals surface area contributed by atoms with Crippen LogP contribution in [0.4, 0.5) is 0 Å². The van der Waals surface area contributed by atoms with Gasteiger partial charge >= 0.3 is 0 Å². The minimum atomic E-state index is 0.278. The first-order valence-electron chi connectivity index (χ1n) is 7.83. The SMILES string of the molecule is Cc1ccc(C(=O)CC2CCCc3ccccc32)cc1C. The smallest absolute Gasteiger partial charge is 0.163 e. The summed E-state index contributed by atoms with van der Waals surface area (Å²) >= 11 is 0. The van der Waals surface area contributed by atoms with Gasteiger partial charge in [0.15, 0.2) is 5.78 Å². The molecule has 1 aliphatic carbocycles. The van der Waals surface area contributed by atoms with Crippen LogP contribution in [0.2, 0.25) is 0 Å². The minimum Gasteiger partial charge on any atom is -0.294 e. The Hall–Kier alpha value is -1.89. The fourth-order valence-corrected chi connectivity index (χ4v) is 3.32. The number of carbonyl (C=O) groups is 1. The maximum absolute atomic E-state index is 12.6. The van der Waals surface area contributed by atoms with Gasteiger partial charge in [0.1, 0.15) is 0 Å². The topological polar surface area (TPSA) is 17.1 Å². The van der Waals surface area contributed by atoms with E-state index in [1.54, 1.807) is 0 Å². The maximum atomic E-state index is 12.6. The zero-order chi connectivity index (χ0) is 14.8. The van der Waals surface area contributed by atoms with Crippen LogP contribution in [0.5, 0.6) is 0 Å². The van der Waals surface area contributed by atoms with Gasteiger partial charge < -0.3 is 0 Å². The van der Waals surface area contributed by atoms with Gasteiger partial charge in [-0.2, -0.15) is 0 Å². The molecule has 0 saturated carbocycles. The van der Waals surface area contributed by atoms with Crippen molar-refractivity contribution >= 4 is 5.78 Å². The van der Waals surface area contributed by atoms with Gasteiger partial charge in [-0.1, -0.05) is 36.4 Å². The van der Waals surface area contributed by atoms with Crippen molar-refractivity contribution in [3.8, 4) is 0 Å². The van der Waals surface area contributed by atoms with E-state index >= 15 is 0 Å². The van der Waals surface area contributed by atoms with Crippen LogP contribution < -0.4 is 0 Å². The van der Waals surface area contributed by atoms with Crippen LogP contribution in [-0.2, 0) is 6.42 Å². The van der Waals surface area contributed by atoms with Crippen LogP contribution in [0.3, 0.4) is 0 Å². The van der Waals surface area contributed by atoms with Crippen LogP contribution in [0, 0.1) is 13.8 Å². The zero-order valence-corrected chi connectivity index (χ0v) is 12.9. The number of fused-ring (bicyclic) bond motifs is 1. The van der Waals surface area contributed by atoms with Gasteiger partial charge in [0.05, 0.1) is 0 Å². The number of Topliss-reactive ketones (excluding diaryl/α,β-unsaturated/α-hetero) is 1. The molecule has 0 aliphatic heterocycles. The molecule has 0 bridgehead atoms. The van der Waals surface area contributed by atoms with Gasteiger partial charge in [0.25, 0.3) is 0 Å². The lowest BCUT2D eigenvalue weighted by atomic mass is 9.79. The molecule has 1 heteroatoms. The molecule has 0 fully saturated rings. The predicted molar refractivity (Wildman–Crippen MR) is 87.0 cm³/mol. The molecule has 0 N–H and O–H groups in total. The molecule has 2 aromatic rings. The van der Waals surface area contributed by atoms with E-state index in [0.717, 1.165) is 18.4 Å². The average Bonchev–Trinajstić information content (AvgIpc) is 2.50. The number of aryl methyl sites for hydroxylation is 3. The molecular formula is C20H22O. The second-order valence-corrected chi connectivity index (χ2v) is 6.21. The lowest BCUT2D eigenvalue weighted by Crippen LogP contribution is -2.14. The molecule has 0 heterocycles. The third-order valence-electron chi connectivity index (χ3n) is 4.75. The number of ketones is 1. The van der Waals surface area contributed by atoms with Crippen molar-refractivity contribution in [3.05, 3.63) is 70.3 Å². The quantitative estimate of drug-likeness (QED) is 0.722. The molecule has 2 aromatic carbocycles. The Morgan fingerprint density at radius 2 is 1.90 bits per heavy atom. The minimum absolute atomic E-state index is 0.278. The van der Waals surface area contributed by atoms with Gasteiger partial charge in [-0.15, -0.1) is 0 Å². The molecule has 0 saturated heterocycles. The second kappa shape index (κ2) is 5.85. The first-order chi connectivity index (χ1) is 10.1. The third-order valence-corrected chi connectivity index (χ3v) is 4.75. The van der Waals surface area contributed by atoms with Crippen molar-refractivity contribution in [2.75, 3.05) is 0 Å². The van der Waals surface area contributed by atoms with Gasteiger partial charge in [-0.3, -0.25) is 4.79 Å². The van der Waals surface area contributed by atoms with E-state index in [-0.39, 0.29) is 5.78 Å². The van der Waals surface area contributed by atoms with Gasteiger partial charge in [-0.25, -0.2) is 0 Å². The normalized spacial score (nSPS) is 17.3. The van der Waals surface area contributed by atoms with E-state index in [9.17, 15) is 4.79 Å². The average molecular weight is 278 g/mol. The predicted octanol–water partition coefficient (Wildman–Crippen LogP) is 5.00. The molecule has 1 nitrogen and oxygen atoms in total. The van der Waals surface area contributed by atoms with Crippen molar-refractivity contribution in [3.63, 3.8) is 0 Å². The monoisotopic (exact) mass is 278 g/mol. The van der Waals surface area contributed by atoms with Gasteiger partial charge in [0, 0.05) is 12.0 Å². The standard InChI is InChI=1S/C20H22O/c1-14-10-11-18(12-15(14)2)20(21)13-17-8-5-7-16-6-3-4-9-19(16)17/h3-4,6,9-12,17H,5,7-8,13H2,1-2H3. The van der Waals surface area contributed by atoms with E-state index in [1.165, 1.54) is 28.7 Å². The Labute approximate surface area is 127 Å². The molecule has 0 spiro atoms. The van der Waals surface area contributed by atoms with Crippen LogP contribution in [0.1, 0.15) is 57.8 Å². The Morgan fingerprint density at radius 3 is 2.71 bits per heavy atom. The van der Waals surface area contributed by atoms with E-state index < -0.39 is 0 Å². The highest BCUT2D eigenvalue weighted by Gasteiger charge is 2.22. The molecule has 1 aliphatic rings. The summed E-state index contributed by atoms with van der Waals surface area (Å²) in [5.74, 6) is 0.670. The highest BCUT2D eigenvalue weighted by molar-refractivity contribution is 5.96. The van der Waals surface area contributed by atoms with Crippen molar-refractivity contribution in [1.82, 2.24) is 0 Å². The number of hydrogen-bond donors (Lipinski definition) is 0. The van der Waals surface area contributed by atoms with E-state index in [2.05, 4.69) is 44.2 Å². The second-order valence-electron chi connectivity index (χ2n) is 6.21. The fraction of sp³-hybridized carbons (Fsp3) is 0.350. The van der Waals surface area contributed by atoms with E-state index in [1.807, 2.05) is 12.1 Å². The molecule has 0 radical (unpaired) electrons. The number of carbonyl (C=O) groups excluding carboxylic acids is 1. The maximum Gasteiger partial charge on any atom is 0.163 e. The molecule has 21 heavy (non-hydrogen) atoms.